The Balaban J connectivity index is 2.02. The lowest BCUT2D eigenvalue weighted by atomic mass is 9.96. The number of nitrogens with two attached hydrogens (primary N) is 1. The molecule has 0 radical (unpaired) electrons. The summed E-state index contributed by atoms with van der Waals surface area (Å²) >= 11 is 0. The van der Waals surface area contributed by atoms with Crippen LogP contribution in [0.5, 0.6) is 0 Å². The van der Waals surface area contributed by atoms with Gasteiger partial charge >= 0.3 is 0 Å². The monoisotopic (exact) mass is 218 g/mol. The summed E-state index contributed by atoms with van der Waals surface area (Å²) < 4.78 is 0. The first kappa shape index (κ1) is 11.6. The molecule has 1 aliphatic heterocycles. The third-order valence-electron chi connectivity index (χ3n) is 3.40. The molecule has 88 valence electrons. The molecule has 16 heavy (non-hydrogen) atoms. The van der Waals surface area contributed by atoms with Gasteiger partial charge in [-0.2, -0.15) is 0 Å². The van der Waals surface area contributed by atoms with Gasteiger partial charge in [-0.15, -0.1) is 0 Å². The van der Waals surface area contributed by atoms with Gasteiger partial charge in [-0.05, 0) is 50.4 Å². The molecule has 0 bridgehead atoms. The number of nitrogens with zero attached hydrogens (tertiary/aromatic N) is 1. The molecule has 0 amide bonds. The van der Waals surface area contributed by atoms with E-state index in [1.807, 2.05) is 0 Å². The van der Waals surface area contributed by atoms with Crippen molar-refractivity contribution in [2.75, 3.05) is 20.1 Å². The summed E-state index contributed by atoms with van der Waals surface area (Å²) in [6.07, 6.45) is 2.27. The zero-order valence-electron chi connectivity index (χ0n) is 10.3. The second-order valence-electron chi connectivity index (χ2n) is 5.17. The van der Waals surface area contributed by atoms with Crippen LogP contribution < -0.4 is 5.73 Å². The first-order valence-corrected chi connectivity index (χ1v) is 6.18. The highest BCUT2D eigenvalue weighted by atomic mass is 15.1. The van der Waals surface area contributed by atoms with E-state index in [2.05, 4.69) is 43.1 Å². The van der Waals surface area contributed by atoms with Crippen molar-refractivity contribution < 1.29 is 0 Å². The van der Waals surface area contributed by atoms with E-state index in [0.717, 1.165) is 12.3 Å². The third kappa shape index (κ3) is 2.83. The molecule has 0 aromatic heterocycles. The maximum atomic E-state index is 5.80. The predicted octanol–water partition coefficient (Wildman–Crippen LogP) is 2.00. The molecule has 1 aliphatic rings. The van der Waals surface area contributed by atoms with E-state index in [-0.39, 0.29) is 6.04 Å². The Labute approximate surface area is 98.4 Å². The summed E-state index contributed by atoms with van der Waals surface area (Å²) in [5, 5.41) is 0. The number of likely N-dealkylation sites (tertiary alicyclic amines) is 1. The fourth-order valence-corrected chi connectivity index (χ4v) is 2.50. The first-order valence-electron chi connectivity index (χ1n) is 6.18. The van der Waals surface area contributed by atoms with Crippen molar-refractivity contribution in [1.82, 2.24) is 4.90 Å². The van der Waals surface area contributed by atoms with E-state index < -0.39 is 0 Å². The van der Waals surface area contributed by atoms with Crippen LogP contribution in [-0.2, 0) is 6.42 Å². The summed E-state index contributed by atoms with van der Waals surface area (Å²) in [7, 11) is 2.20. The largest absolute Gasteiger partial charge is 0.328 e. The highest BCUT2D eigenvalue weighted by Gasteiger charge is 2.20. The molecule has 1 aromatic rings. The van der Waals surface area contributed by atoms with Gasteiger partial charge in [0.15, 0.2) is 0 Å². The summed E-state index contributed by atoms with van der Waals surface area (Å²) in [6.45, 7) is 4.48. The standard InChI is InChI=1S/C14H22N2/c1-11(15)9-12-3-5-13(6-4-12)14-7-8-16(2)10-14/h3-6,11,14H,7-10,15H2,1-2H3. The average Bonchev–Trinajstić information content (AvgIpc) is 2.65. The van der Waals surface area contributed by atoms with Gasteiger partial charge < -0.3 is 10.6 Å². The normalized spacial score (nSPS) is 23.6. The molecule has 2 heteroatoms. The quantitative estimate of drug-likeness (QED) is 0.840. The van der Waals surface area contributed by atoms with E-state index >= 15 is 0 Å². The van der Waals surface area contributed by atoms with Crippen molar-refractivity contribution in [3.8, 4) is 0 Å². The summed E-state index contributed by atoms with van der Waals surface area (Å²) in [6, 6.07) is 9.28. The van der Waals surface area contributed by atoms with Gasteiger partial charge in [0.05, 0.1) is 0 Å². The van der Waals surface area contributed by atoms with Crippen LogP contribution in [0.4, 0.5) is 0 Å². The average molecular weight is 218 g/mol. The number of likely N-dealkylation sites (N-methyl/N-ethyl adjacent to an activating group) is 1. The Morgan fingerprint density at radius 3 is 2.56 bits per heavy atom. The van der Waals surface area contributed by atoms with E-state index in [4.69, 9.17) is 5.73 Å². The molecule has 1 aromatic carbocycles. The minimum atomic E-state index is 0.253. The van der Waals surface area contributed by atoms with Crippen molar-refractivity contribution in [2.45, 2.75) is 31.7 Å². The fraction of sp³-hybridized carbons (Fsp3) is 0.571. The highest BCUT2D eigenvalue weighted by molar-refractivity contribution is 5.26. The topological polar surface area (TPSA) is 29.3 Å². The Bertz CT molecular complexity index is 329. The van der Waals surface area contributed by atoms with Crippen molar-refractivity contribution >= 4 is 0 Å². The van der Waals surface area contributed by atoms with Crippen LogP contribution >= 0.6 is 0 Å². The van der Waals surface area contributed by atoms with Crippen LogP contribution in [0.15, 0.2) is 24.3 Å². The minimum Gasteiger partial charge on any atom is -0.328 e. The summed E-state index contributed by atoms with van der Waals surface area (Å²) in [4.78, 5) is 2.40. The smallest absolute Gasteiger partial charge is 0.00509 e. The van der Waals surface area contributed by atoms with Crippen LogP contribution in [0, 0.1) is 0 Å². The van der Waals surface area contributed by atoms with Gasteiger partial charge in [-0.25, -0.2) is 0 Å². The van der Waals surface area contributed by atoms with Crippen LogP contribution in [0.1, 0.15) is 30.4 Å². The highest BCUT2D eigenvalue weighted by Crippen LogP contribution is 2.26. The second-order valence-corrected chi connectivity index (χ2v) is 5.17. The van der Waals surface area contributed by atoms with Crippen LogP contribution in [-0.4, -0.2) is 31.1 Å². The minimum absolute atomic E-state index is 0.253. The SMILES string of the molecule is CC(N)Cc1ccc(C2CCN(C)C2)cc1. The molecule has 2 N–H and O–H groups in total. The predicted molar refractivity (Wildman–Crippen MR) is 68.7 cm³/mol. The number of rotatable bonds is 3. The molecular weight excluding hydrogens is 196 g/mol. The van der Waals surface area contributed by atoms with Crippen molar-refractivity contribution in [2.24, 2.45) is 5.73 Å². The molecule has 1 saturated heterocycles. The van der Waals surface area contributed by atoms with Gasteiger partial charge in [0.2, 0.25) is 0 Å². The van der Waals surface area contributed by atoms with Gasteiger partial charge in [-0.3, -0.25) is 0 Å². The number of hydrogen-bond donors (Lipinski definition) is 1. The maximum absolute atomic E-state index is 5.80. The lowest BCUT2D eigenvalue weighted by Crippen LogP contribution is -2.17. The molecule has 2 atom stereocenters. The van der Waals surface area contributed by atoms with Crippen LogP contribution in [0.25, 0.3) is 0 Å². The van der Waals surface area contributed by atoms with Gasteiger partial charge in [0.25, 0.3) is 0 Å². The lowest BCUT2D eigenvalue weighted by Gasteiger charge is -2.12. The fourth-order valence-electron chi connectivity index (χ4n) is 2.50. The van der Waals surface area contributed by atoms with E-state index in [0.29, 0.717) is 0 Å². The van der Waals surface area contributed by atoms with Gasteiger partial charge in [0, 0.05) is 12.6 Å². The van der Waals surface area contributed by atoms with Crippen LogP contribution in [0.2, 0.25) is 0 Å². The van der Waals surface area contributed by atoms with Gasteiger partial charge in [0.1, 0.15) is 0 Å². The molecule has 0 spiro atoms. The third-order valence-corrected chi connectivity index (χ3v) is 3.40. The molecule has 0 aliphatic carbocycles. The van der Waals surface area contributed by atoms with Gasteiger partial charge in [-0.1, -0.05) is 24.3 Å². The van der Waals surface area contributed by atoms with Crippen molar-refractivity contribution in [3.63, 3.8) is 0 Å². The molecular formula is C14H22N2. The Morgan fingerprint density at radius 1 is 1.38 bits per heavy atom. The first-order chi connectivity index (χ1) is 7.65. The van der Waals surface area contributed by atoms with E-state index in [1.54, 1.807) is 0 Å². The Hall–Kier alpha value is -0.860. The number of hydrogen-bond acceptors (Lipinski definition) is 2. The molecule has 1 heterocycles. The zero-order valence-corrected chi connectivity index (χ0v) is 10.3. The molecule has 2 unspecified atom stereocenters. The molecule has 0 saturated carbocycles. The lowest BCUT2D eigenvalue weighted by molar-refractivity contribution is 0.411. The van der Waals surface area contributed by atoms with Crippen LogP contribution in [0.3, 0.4) is 0 Å². The summed E-state index contributed by atoms with van der Waals surface area (Å²) in [5.41, 5.74) is 8.63. The maximum Gasteiger partial charge on any atom is 0.00509 e. The molecule has 1 fully saturated rings. The van der Waals surface area contributed by atoms with E-state index in [9.17, 15) is 0 Å². The van der Waals surface area contributed by atoms with Crippen molar-refractivity contribution in [3.05, 3.63) is 35.4 Å². The molecule has 2 nitrogen and oxygen atoms in total. The van der Waals surface area contributed by atoms with E-state index in [1.165, 1.54) is 30.6 Å². The Kier molecular flexibility index (Phi) is 3.62. The zero-order chi connectivity index (χ0) is 11.5. The van der Waals surface area contributed by atoms with Crippen molar-refractivity contribution in [1.29, 1.82) is 0 Å². The second kappa shape index (κ2) is 4.98. The summed E-state index contributed by atoms with van der Waals surface area (Å²) in [5.74, 6) is 0.731. The molecule has 2 rings (SSSR count). The number of benzene rings is 1. The Morgan fingerprint density at radius 2 is 2.06 bits per heavy atom.